The quantitative estimate of drug-likeness (QED) is 0.211. The number of hydrogen-bond donors (Lipinski definition) is 0. The molecule has 1 heteroatoms. The molecule has 7 aromatic carbocycles. The molecule has 0 fully saturated rings. The molecule has 0 aliphatic carbocycles. The van der Waals surface area contributed by atoms with E-state index < -0.39 is 222 Å². The van der Waals surface area contributed by atoms with Gasteiger partial charge < -0.3 is 4.42 Å². The Bertz CT molecular complexity index is 3440. The van der Waals surface area contributed by atoms with Crippen molar-refractivity contribution in [2.45, 2.75) is 0 Å². The van der Waals surface area contributed by atoms with Crippen molar-refractivity contribution in [2.24, 2.45) is 0 Å². The van der Waals surface area contributed by atoms with Crippen molar-refractivity contribution >= 4 is 43.5 Å². The summed E-state index contributed by atoms with van der Waals surface area (Å²) in [4.78, 5) is 0. The fourth-order valence-corrected chi connectivity index (χ4v) is 4.64. The van der Waals surface area contributed by atoms with Crippen LogP contribution in [0.3, 0.4) is 0 Å². The number of hydrogen-bond acceptors (Lipinski definition) is 1. The zero-order valence-corrected chi connectivity index (χ0v) is 19.4. The normalized spacial score (nSPS) is 20.2. The monoisotopic (exact) mass is 520 g/mol. The highest BCUT2D eigenvalue weighted by molar-refractivity contribution is 6.26. The summed E-state index contributed by atoms with van der Waals surface area (Å²) in [7, 11) is 0. The topological polar surface area (TPSA) is 13.1 Å². The van der Waals surface area contributed by atoms with Crippen molar-refractivity contribution in [1.29, 1.82) is 0 Å². The standard InChI is InChI=1S/C38H24O/c1-3-12-25(13-4-1)27-22-23-30-33(24-27)37(29-17-8-7-16-28(29)36(30)26-14-5-2-6-15-26)32-19-11-21-35-38(32)31-18-9-10-20-34(31)39-35/h1-24H/i1D,2D,3D,4D,5D,6D,7D,8D,9D,10D,11D,12D,13D,14D,15D,16D,17D,18D,19D,20D,21D,22D,23D,24D. The molecular formula is C38H24O. The van der Waals surface area contributed by atoms with Gasteiger partial charge in [-0.25, -0.2) is 0 Å². The number of furan rings is 1. The zero-order valence-electron chi connectivity index (χ0n) is 43.4. The Hall–Kier alpha value is -5.14. The summed E-state index contributed by atoms with van der Waals surface area (Å²) < 4.78 is 218. The SMILES string of the molecule is [2H]c1c([2H])c([2H])c(-c2c([2H])c([2H])c3c(-c4c([2H])c([2H])c([2H])c([2H])c4[2H])c4c([2H])c([2H])c([2H])c([2H])c4c(-c4c([2H])c([2H])c([2H])c5oc6c([2H])c([2H])c([2H])c([2H])c6c45)c3c2[2H])c([2H])c1[2H]. The van der Waals surface area contributed by atoms with E-state index in [0.717, 1.165) is 0 Å². The predicted molar refractivity (Wildman–Crippen MR) is 165 cm³/mol. The van der Waals surface area contributed by atoms with Gasteiger partial charge in [0.2, 0.25) is 0 Å². The minimum Gasteiger partial charge on any atom is -0.456 e. The van der Waals surface area contributed by atoms with E-state index in [4.69, 9.17) is 29.1 Å². The summed E-state index contributed by atoms with van der Waals surface area (Å²) in [5.74, 6) is 0. The van der Waals surface area contributed by atoms with E-state index >= 15 is 0 Å². The van der Waals surface area contributed by atoms with E-state index in [9.17, 15) is 8.22 Å². The second kappa shape index (κ2) is 8.72. The fraction of sp³-hybridized carbons (Fsp3) is 0. The first-order valence-corrected chi connectivity index (χ1v) is 11.4. The van der Waals surface area contributed by atoms with E-state index in [0.29, 0.717) is 0 Å². The van der Waals surface area contributed by atoms with Crippen molar-refractivity contribution in [2.75, 3.05) is 0 Å². The van der Waals surface area contributed by atoms with Crippen LogP contribution < -0.4 is 0 Å². The van der Waals surface area contributed by atoms with Crippen LogP contribution in [-0.2, 0) is 0 Å². The highest BCUT2D eigenvalue weighted by Crippen LogP contribution is 2.47. The number of fused-ring (bicyclic) bond motifs is 5. The largest absolute Gasteiger partial charge is 0.456 e. The van der Waals surface area contributed by atoms with Crippen LogP contribution in [0.5, 0.6) is 0 Å². The maximum absolute atomic E-state index is 9.89. The fourth-order valence-electron chi connectivity index (χ4n) is 4.64. The minimum absolute atomic E-state index is 0.481. The molecule has 0 saturated carbocycles. The van der Waals surface area contributed by atoms with Crippen LogP contribution in [0.2, 0.25) is 0 Å². The summed E-state index contributed by atoms with van der Waals surface area (Å²) in [5.41, 5.74) is -5.60. The molecule has 39 heavy (non-hydrogen) atoms. The van der Waals surface area contributed by atoms with Gasteiger partial charge in [-0.15, -0.1) is 0 Å². The Morgan fingerprint density at radius 1 is 0.385 bits per heavy atom. The average Bonchev–Trinajstić information content (AvgIpc) is 3.66. The first kappa shape index (κ1) is 8.69. The molecule has 0 aliphatic rings. The summed E-state index contributed by atoms with van der Waals surface area (Å²) >= 11 is 0. The highest BCUT2D eigenvalue weighted by atomic mass is 16.3. The zero-order chi connectivity index (χ0) is 46.6. The highest BCUT2D eigenvalue weighted by Gasteiger charge is 2.20. The molecule has 0 saturated heterocycles. The first-order valence-electron chi connectivity index (χ1n) is 23.4. The van der Waals surface area contributed by atoms with E-state index in [1.807, 2.05) is 0 Å². The van der Waals surface area contributed by atoms with Crippen molar-refractivity contribution in [3.63, 3.8) is 0 Å². The van der Waals surface area contributed by atoms with E-state index in [-0.39, 0.29) is 0 Å². The number of rotatable bonds is 3. The molecule has 0 amide bonds. The van der Waals surface area contributed by atoms with Crippen LogP contribution in [0.4, 0.5) is 0 Å². The minimum atomic E-state index is -1.02. The molecule has 0 N–H and O–H groups in total. The van der Waals surface area contributed by atoms with Gasteiger partial charge in [-0.05, 0) is 73.1 Å². The molecule has 8 aromatic rings. The number of benzene rings is 7. The van der Waals surface area contributed by atoms with Gasteiger partial charge in [-0.2, -0.15) is 0 Å². The molecular weight excluding hydrogens is 472 g/mol. The molecule has 1 heterocycles. The molecule has 0 atom stereocenters. The Morgan fingerprint density at radius 3 is 1.74 bits per heavy atom. The van der Waals surface area contributed by atoms with E-state index in [1.54, 1.807) is 0 Å². The maximum Gasteiger partial charge on any atom is 0.136 e. The molecule has 0 bridgehead atoms. The van der Waals surface area contributed by atoms with Gasteiger partial charge in [0.1, 0.15) is 11.2 Å². The van der Waals surface area contributed by atoms with Crippen molar-refractivity contribution < 1.29 is 37.3 Å². The van der Waals surface area contributed by atoms with Gasteiger partial charge in [-0.1, -0.05) is 127 Å². The van der Waals surface area contributed by atoms with E-state index in [2.05, 4.69) is 0 Å². The van der Waals surface area contributed by atoms with Gasteiger partial charge in [0, 0.05) is 10.8 Å². The van der Waals surface area contributed by atoms with Crippen LogP contribution in [0.15, 0.2) is 149 Å². The van der Waals surface area contributed by atoms with E-state index in [1.165, 1.54) is 0 Å². The van der Waals surface area contributed by atoms with Crippen molar-refractivity contribution in [1.82, 2.24) is 0 Å². The van der Waals surface area contributed by atoms with Crippen LogP contribution in [0.1, 0.15) is 32.9 Å². The first-order chi connectivity index (χ1) is 29.3. The lowest BCUT2D eigenvalue weighted by atomic mass is 9.84. The molecule has 1 nitrogen and oxygen atoms in total. The Balaban J connectivity index is 1.86. The van der Waals surface area contributed by atoms with Crippen LogP contribution in [0.25, 0.3) is 76.9 Å². The third kappa shape index (κ3) is 3.41. The summed E-state index contributed by atoms with van der Waals surface area (Å²) in [6.45, 7) is 0. The van der Waals surface area contributed by atoms with Crippen LogP contribution in [-0.4, -0.2) is 0 Å². The molecule has 1 aromatic heterocycles. The molecule has 0 aliphatic heterocycles. The summed E-state index contributed by atoms with van der Waals surface area (Å²) in [5, 5.41) is -3.83. The lowest BCUT2D eigenvalue weighted by Crippen LogP contribution is -1.92. The molecule has 0 spiro atoms. The summed E-state index contributed by atoms with van der Waals surface area (Å²) in [6, 6.07) is -21.9. The van der Waals surface area contributed by atoms with Crippen LogP contribution in [0, 0.1) is 0 Å². The predicted octanol–water partition coefficient (Wildman–Crippen LogP) is 10.9. The van der Waals surface area contributed by atoms with Crippen molar-refractivity contribution in [3.8, 4) is 33.4 Å². The number of para-hydroxylation sites is 1. The van der Waals surface area contributed by atoms with Crippen LogP contribution >= 0.6 is 0 Å². The lowest BCUT2D eigenvalue weighted by Gasteiger charge is -2.19. The van der Waals surface area contributed by atoms with Gasteiger partial charge in [0.25, 0.3) is 0 Å². The maximum atomic E-state index is 9.89. The third-order valence-corrected chi connectivity index (χ3v) is 6.20. The smallest absolute Gasteiger partial charge is 0.136 e. The van der Waals surface area contributed by atoms with Crippen molar-refractivity contribution in [3.05, 3.63) is 145 Å². The second-order valence-electron chi connectivity index (χ2n) is 8.26. The summed E-state index contributed by atoms with van der Waals surface area (Å²) in [6.07, 6.45) is 0. The van der Waals surface area contributed by atoms with Gasteiger partial charge in [0.15, 0.2) is 0 Å². The molecule has 0 unspecified atom stereocenters. The Labute approximate surface area is 260 Å². The van der Waals surface area contributed by atoms with Gasteiger partial charge >= 0.3 is 0 Å². The second-order valence-corrected chi connectivity index (χ2v) is 8.26. The van der Waals surface area contributed by atoms with Gasteiger partial charge in [-0.3, -0.25) is 0 Å². The molecule has 8 rings (SSSR count). The molecule has 182 valence electrons. The lowest BCUT2D eigenvalue weighted by molar-refractivity contribution is 0.669. The Morgan fingerprint density at radius 2 is 0.974 bits per heavy atom. The van der Waals surface area contributed by atoms with Gasteiger partial charge in [0.05, 0.1) is 32.9 Å². The average molecular weight is 521 g/mol. The third-order valence-electron chi connectivity index (χ3n) is 6.20. The Kier molecular flexibility index (Phi) is 1.94. The molecule has 0 radical (unpaired) electrons.